The number of nitrogens with one attached hydrogen (secondary N) is 1. The van der Waals surface area contributed by atoms with E-state index in [0.717, 1.165) is 4.57 Å². The Morgan fingerprint density at radius 2 is 2.12 bits per heavy atom. The zero-order chi connectivity index (χ0) is 12.7. The van der Waals surface area contributed by atoms with Crippen LogP contribution in [0.3, 0.4) is 0 Å². The molecule has 0 amide bonds. The van der Waals surface area contributed by atoms with Gasteiger partial charge in [0.05, 0.1) is 12.6 Å². The quantitative estimate of drug-likeness (QED) is 0.710. The highest BCUT2D eigenvalue weighted by Gasteiger charge is 2.15. The van der Waals surface area contributed by atoms with Gasteiger partial charge >= 0.3 is 5.69 Å². The van der Waals surface area contributed by atoms with Gasteiger partial charge in [-0.15, -0.1) is 0 Å². The number of imidazole rings is 1. The second kappa shape index (κ2) is 3.85. The molecule has 2 aromatic rings. The van der Waals surface area contributed by atoms with Gasteiger partial charge in [-0.25, -0.2) is 9.78 Å². The number of rotatable bonds is 2. The highest BCUT2D eigenvalue weighted by atomic mass is 16.3. The summed E-state index contributed by atoms with van der Waals surface area (Å²) < 4.78 is 2.30. The van der Waals surface area contributed by atoms with Crippen LogP contribution in [0.2, 0.25) is 0 Å². The number of aromatic nitrogens is 4. The first-order valence-corrected chi connectivity index (χ1v) is 5.26. The molecule has 7 heteroatoms. The molecule has 2 N–H and O–H groups in total. The molecule has 0 saturated heterocycles. The molecule has 17 heavy (non-hydrogen) atoms. The van der Waals surface area contributed by atoms with E-state index in [1.165, 1.54) is 11.6 Å². The van der Waals surface area contributed by atoms with Gasteiger partial charge in [0, 0.05) is 7.05 Å². The van der Waals surface area contributed by atoms with Crippen LogP contribution in [0.25, 0.3) is 11.2 Å². The lowest BCUT2D eigenvalue weighted by Gasteiger charge is -2.09. The number of H-pyrrole nitrogens is 1. The highest BCUT2D eigenvalue weighted by Crippen LogP contribution is 2.05. The summed E-state index contributed by atoms with van der Waals surface area (Å²) in [6.07, 6.45) is -0.689. The standard InChI is InChI=1S/C10H14N4O3/c1-5(15)4-14-8-7(11-6(2)12-8)9(16)13(3)10(14)17/h5,15H,4H2,1-3H3,(H,11,12). The summed E-state index contributed by atoms with van der Waals surface area (Å²) >= 11 is 0. The number of fused-ring (bicyclic) bond motifs is 1. The number of aliphatic hydroxyl groups excluding tert-OH is 1. The SMILES string of the molecule is Cc1nc2c([nH]1)c(=O)n(C)c(=O)n2CC(C)O. The Balaban J connectivity index is 2.90. The van der Waals surface area contributed by atoms with Crippen molar-refractivity contribution in [1.29, 1.82) is 0 Å². The Bertz CT molecular complexity index is 677. The van der Waals surface area contributed by atoms with E-state index in [1.54, 1.807) is 13.8 Å². The number of aryl methyl sites for hydroxylation is 1. The summed E-state index contributed by atoms with van der Waals surface area (Å²) in [5.74, 6) is 0.557. The van der Waals surface area contributed by atoms with E-state index in [-0.39, 0.29) is 17.7 Å². The third-order valence-electron chi connectivity index (χ3n) is 2.54. The molecular weight excluding hydrogens is 224 g/mol. The first-order valence-electron chi connectivity index (χ1n) is 5.26. The lowest BCUT2D eigenvalue weighted by Crippen LogP contribution is -2.39. The Morgan fingerprint density at radius 1 is 1.47 bits per heavy atom. The monoisotopic (exact) mass is 238 g/mol. The fourth-order valence-electron chi connectivity index (χ4n) is 1.78. The highest BCUT2D eigenvalue weighted by molar-refractivity contribution is 5.69. The molecule has 7 nitrogen and oxygen atoms in total. The van der Waals surface area contributed by atoms with E-state index < -0.39 is 17.4 Å². The van der Waals surface area contributed by atoms with Crippen LogP contribution in [-0.4, -0.2) is 30.3 Å². The van der Waals surface area contributed by atoms with E-state index in [9.17, 15) is 14.7 Å². The third-order valence-corrected chi connectivity index (χ3v) is 2.54. The van der Waals surface area contributed by atoms with Gasteiger partial charge < -0.3 is 10.1 Å². The second-order valence-corrected chi connectivity index (χ2v) is 4.13. The molecule has 92 valence electrons. The molecule has 2 rings (SSSR count). The van der Waals surface area contributed by atoms with Gasteiger partial charge in [0.1, 0.15) is 11.3 Å². The molecular formula is C10H14N4O3. The molecule has 0 spiro atoms. The van der Waals surface area contributed by atoms with Crippen LogP contribution in [0.5, 0.6) is 0 Å². The second-order valence-electron chi connectivity index (χ2n) is 4.13. The summed E-state index contributed by atoms with van der Waals surface area (Å²) in [6, 6.07) is 0. The number of aliphatic hydroxyl groups is 1. The molecule has 0 bridgehead atoms. The van der Waals surface area contributed by atoms with Crippen molar-refractivity contribution in [1.82, 2.24) is 19.1 Å². The van der Waals surface area contributed by atoms with Gasteiger partial charge in [-0.2, -0.15) is 0 Å². The molecule has 0 aliphatic heterocycles. The maximum atomic E-state index is 11.9. The van der Waals surface area contributed by atoms with Crippen LogP contribution in [-0.2, 0) is 13.6 Å². The molecule has 2 heterocycles. The minimum absolute atomic E-state index is 0.105. The first-order chi connectivity index (χ1) is 7.91. The molecule has 0 radical (unpaired) electrons. The van der Waals surface area contributed by atoms with Crippen LogP contribution in [0.1, 0.15) is 12.7 Å². The van der Waals surface area contributed by atoms with E-state index in [0.29, 0.717) is 5.82 Å². The number of hydrogen-bond acceptors (Lipinski definition) is 4. The van der Waals surface area contributed by atoms with E-state index in [2.05, 4.69) is 9.97 Å². The maximum absolute atomic E-state index is 11.9. The first kappa shape index (κ1) is 11.6. The fraction of sp³-hybridized carbons (Fsp3) is 0.500. The van der Waals surface area contributed by atoms with Gasteiger partial charge in [-0.05, 0) is 13.8 Å². The van der Waals surface area contributed by atoms with Crippen molar-refractivity contribution >= 4 is 11.2 Å². The van der Waals surface area contributed by atoms with Gasteiger partial charge in [0.2, 0.25) is 0 Å². The Morgan fingerprint density at radius 3 is 2.71 bits per heavy atom. The lowest BCUT2D eigenvalue weighted by molar-refractivity contribution is 0.172. The fourth-order valence-corrected chi connectivity index (χ4v) is 1.78. The van der Waals surface area contributed by atoms with Crippen molar-refractivity contribution in [3.05, 3.63) is 26.7 Å². The molecule has 2 aromatic heterocycles. The van der Waals surface area contributed by atoms with Crippen molar-refractivity contribution in [2.24, 2.45) is 7.05 Å². The average molecular weight is 238 g/mol. The minimum Gasteiger partial charge on any atom is -0.392 e. The average Bonchev–Trinajstić information content (AvgIpc) is 2.63. The Kier molecular flexibility index (Phi) is 2.62. The van der Waals surface area contributed by atoms with Gasteiger partial charge in [-0.3, -0.25) is 13.9 Å². The Hall–Kier alpha value is -1.89. The van der Waals surface area contributed by atoms with E-state index >= 15 is 0 Å². The zero-order valence-corrected chi connectivity index (χ0v) is 9.89. The molecule has 0 aliphatic rings. The van der Waals surface area contributed by atoms with Gasteiger partial charge in [0.25, 0.3) is 5.56 Å². The van der Waals surface area contributed by atoms with Crippen LogP contribution in [0.15, 0.2) is 9.59 Å². The topological polar surface area (TPSA) is 92.9 Å². The number of hydrogen-bond donors (Lipinski definition) is 2. The summed E-state index contributed by atoms with van der Waals surface area (Å²) in [6.45, 7) is 3.38. The van der Waals surface area contributed by atoms with Gasteiger partial charge in [-0.1, -0.05) is 0 Å². The Labute approximate surface area is 96.3 Å². The van der Waals surface area contributed by atoms with Crippen LogP contribution in [0, 0.1) is 6.92 Å². The van der Waals surface area contributed by atoms with Gasteiger partial charge in [0.15, 0.2) is 5.65 Å². The minimum atomic E-state index is -0.689. The lowest BCUT2D eigenvalue weighted by atomic mass is 10.4. The number of nitrogens with zero attached hydrogens (tertiary/aromatic N) is 3. The predicted molar refractivity (Wildman–Crippen MR) is 62.0 cm³/mol. The molecule has 0 aliphatic carbocycles. The normalized spacial score (nSPS) is 13.2. The summed E-state index contributed by atoms with van der Waals surface area (Å²) in [5.41, 5.74) is -0.316. The van der Waals surface area contributed by atoms with E-state index in [4.69, 9.17) is 0 Å². The van der Waals surface area contributed by atoms with E-state index in [1.807, 2.05) is 0 Å². The van der Waals surface area contributed by atoms with Crippen LogP contribution < -0.4 is 11.2 Å². The van der Waals surface area contributed by atoms with Crippen LogP contribution >= 0.6 is 0 Å². The third kappa shape index (κ3) is 1.78. The van der Waals surface area contributed by atoms with Crippen molar-refractivity contribution in [3.63, 3.8) is 0 Å². The largest absolute Gasteiger partial charge is 0.392 e. The summed E-state index contributed by atoms with van der Waals surface area (Å²) in [4.78, 5) is 30.7. The van der Waals surface area contributed by atoms with Crippen molar-refractivity contribution in [3.8, 4) is 0 Å². The van der Waals surface area contributed by atoms with Crippen molar-refractivity contribution in [2.75, 3.05) is 0 Å². The summed E-state index contributed by atoms with van der Waals surface area (Å²) in [7, 11) is 1.40. The molecule has 0 aromatic carbocycles. The predicted octanol–water partition coefficient (Wildman–Crippen LogP) is -0.887. The van der Waals surface area contributed by atoms with Crippen LogP contribution in [0.4, 0.5) is 0 Å². The van der Waals surface area contributed by atoms with Crippen molar-refractivity contribution in [2.45, 2.75) is 26.5 Å². The smallest absolute Gasteiger partial charge is 0.332 e. The van der Waals surface area contributed by atoms with Crippen molar-refractivity contribution < 1.29 is 5.11 Å². The maximum Gasteiger partial charge on any atom is 0.332 e. The molecule has 0 saturated carbocycles. The zero-order valence-electron chi connectivity index (χ0n) is 9.89. The number of aromatic amines is 1. The molecule has 0 fully saturated rings. The summed E-state index contributed by atoms with van der Waals surface area (Å²) in [5, 5.41) is 9.37. The molecule has 1 unspecified atom stereocenters. The molecule has 1 atom stereocenters.